The van der Waals surface area contributed by atoms with Gasteiger partial charge in [-0.15, -0.1) is 0 Å². The van der Waals surface area contributed by atoms with E-state index in [2.05, 4.69) is 0 Å². The quantitative estimate of drug-likeness (QED) is 0.476. The first-order valence-corrected chi connectivity index (χ1v) is 2.25. The Morgan fingerprint density at radius 2 is 2.00 bits per heavy atom. The molecule has 0 bridgehead atoms. The Bertz CT molecular complexity index is 68.1. The summed E-state index contributed by atoms with van der Waals surface area (Å²) in [7, 11) is 0. The van der Waals surface area contributed by atoms with Crippen LogP contribution in [0.4, 0.5) is 8.78 Å². The van der Waals surface area contributed by atoms with Gasteiger partial charge in [-0.25, -0.2) is 8.78 Å². The maximum absolute atomic E-state index is 11.8. The van der Waals surface area contributed by atoms with Gasteiger partial charge >= 0.3 is 0 Å². The zero-order valence-electron chi connectivity index (χ0n) is 3.77. The molecule has 0 spiro atoms. The van der Waals surface area contributed by atoms with Gasteiger partial charge in [0.25, 0.3) is 0 Å². The molecular formula is C4H7F2N. The lowest BCUT2D eigenvalue weighted by Gasteiger charge is -2.30. The smallest absolute Gasteiger partial charge is 0.146 e. The van der Waals surface area contributed by atoms with Crippen molar-refractivity contribution in [3.05, 3.63) is 0 Å². The predicted octanol–water partition coefficient (Wildman–Crippen LogP) is 0.394. The van der Waals surface area contributed by atoms with E-state index < -0.39 is 18.4 Å². The van der Waals surface area contributed by atoms with Crippen LogP contribution in [0, 0.1) is 0 Å². The molecule has 0 radical (unpaired) electrons. The van der Waals surface area contributed by atoms with Crippen molar-refractivity contribution < 1.29 is 8.78 Å². The summed E-state index contributed by atoms with van der Waals surface area (Å²) in [6.45, 7) is 0. The Balaban J connectivity index is 2.29. The van der Waals surface area contributed by atoms with Gasteiger partial charge in [0, 0.05) is 6.04 Å². The van der Waals surface area contributed by atoms with E-state index in [1.165, 1.54) is 0 Å². The first-order chi connectivity index (χ1) is 3.22. The third-order valence-electron chi connectivity index (χ3n) is 1.25. The lowest BCUT2D eigenvalue weighted by molar-refractivity contribution is 0.0462. The topological polar surface area (TPSA) is 26.0 Å². The third kappa shape index (κ3) is 0.608. The second-order valence-corrected chi connectivity index (χ2v) is 1.86. The minimum atomic E-state index is -1.39. The van der Waals surface area contributed by atoms with Crippen LogP contribution in [0.2, 0.25) is 0 Å². The Kier molecular flexibility index (Phi) is 0.995. The zero-order chi connectivity index (χ0) is 5.44. The molecule has 2 N–H and O–H groups in total. The fraction of sp³-hybridized carbons (Fsp3) is 1.00. The van der Waals surface area contributed by atoms with E-state index in [0.29, 0.717) is 0 Å². The normalized spacial score (nSPS) is 51.0. The number of rotatable bonds is 0. The van der Waals surface area contributed by atoms with Gasteiger partial charge in [0.2, 0.25) is 0 Å². The number of hydrogen-bond acceptors (Lipinski definition) is 1. The van der Waals surface area contributed by atoms with E-state index in [1.807, 2.05) is 0 Å². The Morgan fingerprint density at radius 1 is 1.43 bits per heavy atom. The van der Waals surface area contributed by atoms with Crippen molar-refractivity contribution in [2.24, 2.45) is 5.73 Å². The summed E-state index contributed by atoms with van der Waals surface area (Å²) in [5.41, 5.74) is 5.00. The van der Waals surface area contributed by atoms with Crippen molar-refractivity contribution in [2.75, 3.05) is 0 Å². The molecule has 3 unspecified atom stereocenters. The van der Waals surface area contributed by atoms with Gasteiger partial charge in [-0.05, 0) is 6.42 Å². The molecule has 1 fully saturated rings. The second-order valence-electron chi connectivity index (χ2n) is 1.86. The van der Waals surface area contributed by atoms with Gasteiger partial charge in [0.1, 0.15) is 12.3 Å². The van der Waals surface area contributed by atoms with Crippen molar-refractivity contribution in [1.82, 2.24) is 0 Å². The van der Waals surface area contributed by atoms with Crippen molar-refractivity contribution in [3.63, 3.8) is 0 Å². The van der Waals surface area contributed by atoms with Gasteiger partial charge in [0.15, 0.2) is 0 Å². The average Bonchev–Trinajstić information content (AvgIpc) is 1.68. The van der Waals surface area contributed by atoms with Crippen LogP contribution in [0.15, 0.2) is 0 Å². The van der Waals surface area contributed by atoms with E-state index in [4.69, 9.17) is 5.73 Å². The molecular weight excluding hydrogens is 100 g/mol. The van der Waals surface area contributed by atoms with Crippen LogP contribution in [-0.4, -0.2) is 18.4 Å². The highest BCUT2D eigenvalue weighted by Gasteiger charge is 2.38. The highest BCUT2D eigenvalue weighted by Crippen LogP contribution is 2.24. The van der Waals surface area contributed by atoms with Gasteiger partial charge in [0.05, 0.1) is 0 Å². The molecule has 1 aliphatic carbocycles. The maximum atomic E-state index is 11.8. The SMILES string of the molecule is NC1CC(F)C1F. The van der Waals surface area contributed by atoms with Gasteiger partial charge < -0.3 is 5.73 Å². The minimum absolute atomic E-state index is 0.196. The summed E-state index contributed by atoms with van der Waals surface area (Å²) >= 11 is 0. The lowest BCUT2D eigenvalue weighted by Crippen LogP contribution is -2.50. The van der Waals surface area contributed by atoms with Crippen LogP contribution in [0.25, 0.3) is 0 Å². The number of nitrogens with two attached hydrogens (primary N) is 1. The van der Waals surface area contributed by atoms with Crippen LogP contribution in [0.3, 0.4) is 0 Å². The average molecular weight is 107 g/mol. The molecule has 1 nitrogen and oxygen atoms in total. The number of alkyl halides is 2. The minimum Gasteiger partial charge on any atom is -0.325 e. The van der Waals surface area contributed by atoms with Gasteiger partial charge in [-0.3, -0.25) is 0 Å². The van der Waals surface area contributed by atoms with Crippen molar-refractivity contribution in [3.8, 4) is 0 Å². The first kappa shape index (κ1) is 4.97. The fourth-order valence-electron chi connectivity index (χ4n) is 0.592. The molecule has 0 aromatic heterocycles. The molecule has 0 aliphatic heterocycles. The van der Waals surface area contributed by atoms with E-state index in [9.17, 15) is 8.78 Å². The molecule has 1 saturated carbocycles. The molecule has 3 atom stereocenters. The molecule has 0 amide bonds. The summed E-state index contributed by atoms with van der Waals surface area (Å²) in [4.78, 5) is 0. The molecule has 0 heterocycles. The van der Waals surface area contributed by atoms with Gasteiger partial charge in [-0.2, -0.15) is 0 Å². The van der Waals surface area contributed by atoms with E-state index in [0.717, 1.165) is 0 Å². The van der Waals surface area contributed by atoms with E-state index in [1.54, 1.807) is 0 Å². The molecule has 0 aromatic rings. The monoisotopic (exact) mass is 107 g/mol. The van der Waals surface area contributed by atoms with Crippen molar-refractivity contribution in [1.29, 1.82) is 0 Å². The lowest BCUT2D eigenvalue weighted by atomic mass is 9.89. The van der Waals surface area contributed by atoms with Crippen LogP contribution >= 0.6 is 0 Å². The zero-order valence-corrected chi connectivity index (χ0v) is 3.77. The first-order valence-electron chi connectivity index (χ1n) is 2.25. The van der Waals surface area contributed by atoms with Crippen molar-refractivity contribution >= 4 is 0 Å². The van der Waals surface area contributed by atoms with Crippen molar-refractivity contribution in [2.45, 2.75) is 24.8 Å². The van der Waals surface area contributed by atoms with E-state index in [-0.39, 0.29) is 6.42 Å². The number of hydrogen-bond donors (Lipinski definition) is 1. The summed E-state index contributed by atoms with van der Waals surface area (Å²) in [6, 6.07) is -0.532. The largest absolute Gasteiger partial charge is 0.325 e. The Labute approximate surface area is 40.5 Å². The molecule has 0 saturated heterocycles. The third-order valence-corrected chi connectivity index (χ3v) is 1.25. The predicted molar refractivity (Wildman–Crippen MR) is 22.4 cm³/mol. The summed E-state index contributed by atoms with van der Waals surface area (Å²) in [5, 5.41) is 0. The highest BCUT2D eigenvalue weighted by atomic mass is 19.2. The van der Waals surface area contributed by atoms with Crippen LogP contribution in [0.5, 0.6) is 0 Å². The standard InChI is InChI=1S/C4H7F2N/c5-2-1-3(7)4(2)6/h2-4H,1,7H2. The number of halogens is 2. The van der Waals surface area contributed by atoms with Crippen LogP contribution in [0.1, 0.15) is 6.42 Å². The molecule has 1 rings (SSSR count). The Hall–Kier alpha value is -0.180. The summed E-state index contributed by atoms with van der Waals surface area (Å²) < 4.78 is 23.5. The Morgan fingerprint density at radius 3 is 2.00 bits per heavy atom. The summed E-state index contributed by atoms with van der Waals surface area (Å²) in [6.07, 6.45) is -2.48. The molecule has 7 heavy (non-hydrogen) atoms. The van der Waals surface area contributed by atoms with Crippen LogP contribution in [-0.2, 0) is 0 Å². The fourth-order valence-corrected chi connectivity index (χ4v) is 0.592. The molecule has 3 heteroatoms. The van der Waals surface area contributed by atoms with Crippen LogP contribution < -0.4 is 5.73 Å². The van der Waals surface area contributed by atoms with E-state index >= 15 is 0 Å². The molecule has 0 aromatic carbocycles. The highest BCUT2D eigenvalue weighted by molar-refractivity contribution is 4.92. The second kappa shape index (κ2) is 1.40. The molecule has 1 aliphatic rings. The summed E-state index contributed by atoms with van der Waals surface area (Å²) in [5.74, 6) is 0. The van der Waals surface area contributed by atoms with Gasteiger partial charge in [-0.1, -0.05) is 0 Å². The maximum Gasteiger partial charge on any atom is 0.146 e. The molecule has 42 valence electrons.